The molecule has 4 aromatic rings. The second-order valence-corrected chi connectivity index (χ2v) is 7.01. The lowest BCUT2D eigenvalue weighted by molar-refractivity contribution is -0.255. The Hall–Kier alpha value is -4.06. The number of ether oxygens (including phenoxy) is 2. The van der Waals surface area contributed by atoms with E-state index in [0.29, 0.717) is 33.9 Å². The van der Waals surface area contributed by atoms with Crippen molar-refractivity contribution in [3.05, 3.63) is 83.2 Å². The molecule has 0 N–H and O–H groups in total. The lowest BCUT2D eigenvalue weighted by atomic mass is 10.1. The smallest absolute Gasteiger partial charge is 0.161 e. The summed E-state index contributed by atoms with van der Waals surface area (Å²) in [6, 6.07) is 19.5. The van der Waals surface area contributed by atoms with Gasteiger partial charge in [-0.2, -0.15) is 0 Å². The van der Waals surface area contributed by atoms with Crippen molar-refractivity contribution in [3.8, 4) is 22.8 Å². The third-order valence-corrected chi connectivity index (χ3v) is 4.92. The third-order valence-electron chi connectivity index (χ3n) is 4.92. The minimum absolute atomic E-state index is 0.105. The Balaban J connectivity index is 1.92. The van der Waals surface area contributed by atoms with Gasteiger partial charge in [-0.3, -0.25) is 0 Å². The van der Waals surface area contributed by atoms with E-state index in [0.717, 1.165) is 16.5 Å². The number of carbonyl (C=O) groups is 1. The number of hydrogen-bond donors (Lipinski definition) is 0. The lowest BCUT2D eigenvalue weighted by Gasteiger charge is -2.10. The van der Waals surface area contributed by atoms with Crippen molar-refractivity contribution in [2.45, 2.75) is 6.92 Å². The highest BCUT2D eigenvalue weighted by Crippen LogP contribution is 2.33. The first-order valence-corrected chi connectivity index (χ1v) is 9.61. The predicted molar refractivity (Wildman–Crippen MR) is 115 cm³/mol. The van der Waals surface area contributed by atoms with Crippen molar-refractivity contribution in [2.24, 2.45) is 4.99 Å². The number of benzene rings is 3. The monoisotopic (exact) mass is 414 g/mol. The second kappa shape index (κ2) is 8.36. The van der Waals surface area contributed by atoms with E-state index in [-0.39, 0.29) is 5.56 Å². The average Bonchev–Trinajstić information content (AvgIpc) is 2.79. The van der Waals surface area contributed by atoms with Crippen LogP contribution in [0.4, 0.5) is 5.69 Å². The number of nitrogens with zero attached hydrogens (tertiary/aromatic N) is 1. The van der Waals surface area contributed by atoms with Gasteiger partial charge in [-0.1, -0.05) is 23.8 Å². The van der Waals surface area contributed by atoms with Crippen LogP contribution in [-0.4, -0.2) is 20.2 Å². The zero-order chi connectivity index (χ0) is 22.0. The summed E-state index contributed by atoms with van der Waals surface area (Å²) in [4.78, 5) is 15.8. The van der Waals surface area contributed by atoms with Crippen LogP contribution in [-0.2, 0) is 0 Å². The molecule has 0 aliphatic heterocycles. The standard InChI is InChI=1S/C25H21NO5/c1-15-4-10-21-19(12-15)20(26-18-8-5-16(6-9-18)25(27)28)14-23(31-21)17-7-11-22(29-2)24(13-17)30-3/h4-14H,1-3H3,(H,27,28)/p-1. The van der Waals surface area contributed by atoms with Gasteiger partial charge >= 0.3 is 0 Å². The molecular formula is C25H20NO5-. The second-order valence-electron chi connectivity index (χ2n) is 7.01. The van der Waals surface area contributed by atoms with Gasteiger partial charge in [0.05, 0.1) is 31.2 Å². The van der Waals surface area contributed by atoms with Gasteiger partial charge in [-0.15, -0.1) is 0 Å². The summed E-state index contributed by atoms with van der Waals surface area (Å²) in [6.07, 6.45) is 0. The van der Waals surface area contributed by atoms with Crippen LogP contribution in [0.15, 0.2) is 76.1 Å². The Morgan fingerprint density at radius 2 is 1.65 bits per heavy atom. The summed E-state index contributed by atoms with van der Waals surface area (Å²) in [7, 11) is 3.17. The predicted octanol–water partition coefficient (Wildman–Crippen LogP) is 4.02. The molecule has 6 nitrogen and oxygen atoms in total. The van der Waals surface area contributed by atoms with E-state index in [9.17, 15) is 9.90 Å². The molecule has 6 heteroatoms. The fraction of sp³-hybridized carbons (Fsp3) is 0.120. The molecule has 0 spiro atoms. The van der Waals surface area contributed by atoms with Crippen molar-refractivity contribution in [1.82, 2.24) is 0 Å². The molecule has 0 aliphatic rings. The normalized spacial score (nSPS) is 11.5. The Morgan fingerprint density at radius 1 is 0.903 bits per heavy atom. The van der Waals surface area contributed by atoms with Crippen molar-refractivity contribution >= 4 is 22.6 Å². The highest BCUT2D eigenvalue weighted by atomic mass is 16.5. The van der Waals surface area contributed by atoms with Crippen LogP contribution in [0.1, 0.15) is 15.9 Å². The summed E-state index contributed by atoms with van der Waals surface area (Å²) < 4.78 is 16.9. The van der Waals surface area contributed by atoms with Crippen molar-refractivity contribution in [2.75, 3.05) is 14.2 Å². The Kier molecular flexibility index (Phi) is 5.45. The first-order chi connectivity index (χ1) is 15.0. The number of carboxylic acids is 1. The van der Waals surface area contributed by atoms with Crippen molar-refractivity contribution in [1.29, 1.82) is 0 Å². The minimum Gasteiger partial charge on any atom is -0.545 e. The summed E-state index contributed by atoms with van der Waals surface area (Å²) in [5.74, 6) is 0.612. The molecule has 0 radical (unpaired) electrons. The van der Waals surface area contributed by atoms with Crippen LogP contribution in [0.3, 0.4) is 0 Å². The maximum absolute atomic E-state index is 11.0. The fourth-order valence-corrected chi connectivity index (χ4v) is 3.32. The molecule has 1 heterocycles. The Labute approximate surface area is 179 Å². The number of aryl methyl sites for hydroxylation is 1. The molecule has 0 saturated carbocycles. The maximum Gasteiger partial charge on any atom is 0.161 e. The van der Waals surface area contributed by atoms with Crippen LogP contribution in [0, 0.1) is 6.92 Å². The molecule has 0 aliphatic carbocycles. The number of fused-ring (bicyclic) bond motifs is 1. The highest BCUT2D eigenvalue weighted by molar-refractivity contribution is 5.86. The Bertz CT molecular complexity index is 1340. The van der Waals surface area contributed by atoms with Crippen LogP contribution >= 0.6 is 0 Å². The molecule has 0 atom stereocenters. The first-order valence-electron chi connectivity index (χ1n) is 9.61. The molecule has 3 aromatic carbocycles. The van der Waals surface area contributed by atoms with E-state index in [1.807, 2.05) is 49.4 Å². The summed E-state index contributed by atoms with van der Waals surface area (Å²) >= 11 is 0. The van der Waals surface area contributed by atoms with Crippen molar-refractivity contribution in [3.63, 3.8) is 0 Å². The summed E-state index contributed by atoms with van der Waals surface area (Å²) in [6.45, 7) is 2.00. The van der Waals surface area contributed by atoms with Crippen LogP contribution in [0.2, 0.25) is 0 Å². The first kappa shape index (κ1) is 20.2. The molecule has 0 amide bonds. The fourth-order valence-electron chi connectivity index (χ4n) is 3.32. The average molecular weight is 414 g/mol. The molecule has 0 saturated heterocycles. The van der Waals surface area contributed by atoms with Crippen LogP contribution < -0.4 is 19.9 Å². The third kappa shape index (κ3) is 4.14. The number of rotatable bonds is 5. The van der Waals surface area contributed by atoms with Gasteiger partial charge in [-0.25, -0.2) is 4.99 Å². The summed E-state index contributed by atoms with van der Waals surface area (Å²) in [5, 5.41) is 12.6. The largest absolute Gasteiger partial charge is 0.545 e. The van der Waals surface area contributed by atoms with Gasteiger partial charge in [0.25, 0.3) is 0 Å². The topological polar surface area (TPSA) is 84.1 Å². The molecule has 0 unspecified atom stereocenters. The minimum atomic E-state index is -1.22. The number of carbonyl (C=O) groups excluding carboxylic acids is 1. The number of methoxy groups -OCH3 is 2. The quantitative estimate of drug-likeness (QED) is 0.492. The molecular weight excluding hydrogens is 394 g/mol. The van der Waals surface area contributed by atoms with E-state index in [1.54, 1.807) is 26.4 Å². The van der Waals surface area contributed by atoms with E-state index >= 15 is 0 Å². The van der Waals surface area contributed by atoms with Crippen LogP contribution in [0.5, 0.6) is 11.5 Å². The number of aromatic carboxylic acids is 1. The highest BCUT2D eigenvalue weighted by Gasteiger charge is 2.10. The van der Waals surface area contributed by atoms with E-state index in [1.165, 1.54) is 12.1 Å². The van der Waals surface area contributed by atoms with E-state index in [2.05, 4.69) is 0 Å². The van der Waals surface area contributed by atoms with Gasteiger partial charge in [0.15, 0.2) is 11.5 Å². The Morgan fingerprint density at radius 3 is 2.32 bits per heavy atom. The SMILES string of the molecule is COc1ccc(-c2cc(=Nc3ccc(C(=O)[O-])cc3)c3cc(C)ccc3o2)cc1OC. The maximum atomic E-state index is 11.0. The molecule has 31 heavy (non-hydrogen) atoms. The van der Waals surface area contributed by atoms with Gasteiger partial charge in [-0.05, 0) is 55.0 Å². The van der Waals surface area contributed by atoms with E-state index in [4.69, 9.17) is 18.9 Å². The zero-order valence-electron chi connectivity index (χ0n) is 17.3. The molecule has 4 rings (SSSR count). The van der Waals surface area contributed by atoms with Gasteiger partial charge in [0.2, 0.25) is 0 Å². The van der Waals surface area contributed by atoms with Gasteiger partial charge in [0.1, 0.15) is 11.3 Å². The molecule has 0 bridgehead atoms. The zero-order valence-corrected chi connectivity index (χ0v) is 17.3. The van der Waals surface area contributed by atoms with E-state index < -0.39 is 5.97 Å². The van der Waals surface area contributed by atoms with Crippen molar-refractivity contribution < 1.29 is 23.8 Å². The van der Waals surface area contributed by atoms with Gasteiger partial charge in [0, 0.05) is 17.0 Å². The molecule has 0 fully saturated rings. The lowest BCUT2D eigenvalue weighted by Crippen LogP contribution is -2.21. The van der Waals surface area contributed by atoms with Crippen LogP contribution in [0.25, 0.3) is 22.3 Å². The number of carboxylic acid groups (broad SMARTS) is 1. The van der Waals surface area contributed by atoms with Gasteiger partial charge < -0.3 is 23.8 Å². The summed E-state index contributed by atoms with van der Waals surface area (Å²) in [5.41, 5.74) is 3.29. The number of hydrogen-bond acceptors (Lipinski definition) is 6. The molecule has 156 valence electrons. The molecule has 1 aromatic heterocycles.